The molecule has 1 aromatic carbocycles. The first-order valence-corrected chi connectivity index (χ1v) is 6.06. The van der Waals surface area contributed by atoms with Crippen LogP contribution < -0.4 is 10.5 Å². The molecule has 1 aliphatic heterocycles. The van der Waals surface area contributed by atoms with Gasteiger partial charge in [-0.05, 0) is 18.1 Å². The van der Waals surface area contributed by atoms with Gasteiger partial charge in [0.25, 0.3) is 0 Å². The van der Waals surface area contributed by atoms with Crippen LogP contribution in [0.4, 0.5) is 0 Å². The number of aromatic nitrogens is 2. The zero-order chi connectivity index (χ0) is 12.4. The average molecular weight is 241 g/mol. The monoisotopic (exact) mass is 241 g/mol. The minimum absolute atomic E-state index is 0.0837. The van der Waals surface area contributed by atoms with Gasteiger partial charge in [-0.25, -0.2) is 9.97 Å². The molecule has 0 amide bonds. The molecular formula is C14H15N3O. The maximum atomic E-state index is 6.27. The van der Waals surface area contributed by atoms with Gasteiger partial charge in [-0.2, -0.15) is 0 Å². The van der Waals surface area contributed by atoms with Crippen LogP contribution in [-0.2, 0) is 6.42 Å². The Morgan fingerprint density at radius 1 is 1.22 bits per heavy atom. The predicted octanol–water partition coefficient (Wildman–Crippen LogP) is 1.73. The molecule has 0 saturated carbocycles. The van der Waals surface area contributed by atoms with E-state index in [4.69, 9.17) is 10.5 Å². The van der Waals surface area contributed by atoms with Crippen LogP contribution in [0.5, 0.6) is 5.75 Å². The second kappa shape index (κ2) is 4.74. The Labute approximate surface area is 106 Å². The highest BCUT2D eigenvalue weighted by molar-refractivity contribution is 5.35. The van der Waals surface area contributed by atoms with Gasteiger partial charge in [0.05, 0.1) is 6.61 Å². The molecule has 0 saturated heterocycles. The molecule has 2 atom stereocenters. The molecule has 3 rings (SSSR count). The van der Waals surface area contributed by atoms with Crippen LogP contribution >= 0.6 is 0 Å². The molecule has 0 bridgehead atoms. The molecule has 1 aromatic heterocycles. The van der Waals surface area contributed by atoms with Crippen molar-refractivity contribution < 1.29 is 4.74 Å². The van der Waals surface area contributed by atoms with Crippen molar-refractivity contribution in [3.63, 3.8) is 0 Å². The molecule has 4 heteroatoms. The van der Waals surface area contributed by atoms with Crippen LogP contribution in [0.1, 0.15) is 17.2 Å². The van der Waals surface area contributed by atoms with Crippen molar-refractivity contribution in [2.45, 2.75) is 12.5 Å². The number of nitrogens with zero attached hydrogens (tertiary/aromatic N) is 2. The van der Waals surface area contributed by atoms with Crippen molar-refractivity contribution in [2.75, 3.05) is 6.61 Å². The maximum absolute atomic E-state index is 6.27. The van der Waals surface area contributed by atoms with E-state index in [9.17, 15) is 0 Å². The van der Waals surface area contributed by atoms with Crippen molar-refractivity contribution in [3.05, 3.63) is 54.1 Å². The largest absolute Gasteiger partial charge is 0.493 e. The quantitative estimate of drug-likeness (QED) is 0.869. The van der Waals surface area contributed by atoms with E-state index < -0.39 is 0 Å². The number of ether oxygens (including phenoxy) is 1. The summed E-state index contributed by atoms with van der Waals surface area (Å²) in [6.45, 7) is 0.646. The summed E-state index contributed by atoms with van der Waals surface area (Å²) in [5, 5.41) is 0. The van der Waals surface area contributed by atoms with E-state index in [1.54, 1.807) is 12.4 Å². The number of nitrogens with two attached hydrogens (primary N) is 1. The van der Waals surface area contributed by atoms with Gasteiger partial charge in [0, 0.05) is 29.9 Å². The van der Waals surface area contributed by atoms with Gasteiger partial charge >= 0.3 is 0 Å². The highest BCUT2D eigenvalue weighted by Crippen LogP contribution is 2.31. The SMILES string of the molecule is NC(c1cncnc1)C1COc2ccccc2C1. The van der Waals surface area contributed by atoms with E-state index >= 15 is 0 Å². The Morgan fingerprint density at radius 3 is 2.83 bits per heavy atom. The van der Waals surface area contributed by atoms with Gasteiger partial charge in [0.15, 0.2) is 0 Å². The number of benzene rings is 1. The van der Waals surface area contributed by atoms with Crippen LogP contribution in [0, 0.1) is 5.92 Å². The molecule has 0 aliphatic carbocycles. The first kappa shape index (κ1) is 11.2. The highest BCUT2D eigenvalue weighted by atomic mass is 16.5. The van der Waals surface area contributed by atoms with E-state index in [2.05, 4.69) is 16.0 Å². The minimum atomic E-state index is -0.0837. The molecule has 18 heavy (non-hydrogen) atoms. The van der Waals surface area contributed by atoms with Crippen molar-refractivity contribution >= 4 is 0 Å². The van der Waals surface area contributed by atoms with Crippen LogP contribution in [0.3, 0.4) is 0 Å². The van der Waals surface area contributed by atoms with E-state index in [-0.39, 0.29) is 12.0 Å². The van der Waals surface area contributed by atoms with Gasteiger partial charge in [-0.15, -0.1) is 0 Å². The number of fused-ring (bicyclic) bond motifs is 1. The predicted molar refractivity (Wildman–Crippen MR) is 68.1 cm³/mol. The summed E-state index contributed by atoms with van der Waals surface area (Å²) in [6.07, 6.45) is 6.01. The Balaban J connectivity index is 1.80. The molecule has 0 fully saturated rings. The van der Waals surface area contributed by atoms with Crippen LogP contribution in [-0.4, -0.2) is 16.6 Å². The normalized spacial score (nSPS) is 19.7. The van der Waals surface area contributed by atoms with E-state index in [0.717, 1.165) is 17.7 Å². The van der Waals surface area contributed by atoms with Gasteiger partial charge < -0.3 is 10.5 Å². The molecule has 1 aliphatic rings. The molecule has 2 heterocycles. The zero-order valence-electron chi connectivity index (χ0n) is 9.99. The Hall–Kier alpha value is -1.94. The molecule has 2 aromatic rings. The van der Waals surface area contributed by atoms with Crippen molar-refractivity contribution in [1.29, 1.82) is 0 Å². The van der Waals surface area contributed by atoms with E-state index in [0.29, 0.717) is 6.61 Å². The molecule has 2 unspecified atom stereocenters. The smallest absolute Gasteiger partial charge is 0.122 e. The summed E-state index contributed by atoms with van der Waals surface area (Å²) in [5.41, 5.74) is 8.45. The number of rotatable bonds is 2. The summed E-state index contributed by atoms with van der Waals surface area (Å²) < 4.78 is 5.76. The molecule has 0 radical (unpaired) electrons. The number of para-hydroxylation sites is 1. The Morgan fingerprint density at radius 2 is 2.00 bits per heavy atom. The van der Waals surface area contributed by atoms with E-state index in [1.807, 2.05) is 18.2 Å². The fourth-order valence-electron chi connectivity index (χ4n) is 2.34. The summed E-state index contributed by atoms with van der Waals surface area (Å²) in [7, 11) is 0. The lowest BCUT2D eigenvalue weighted by molar-refractivity contribution is 0.199. The van der Waals surface area contributed by atoms with Gasteiger partial charge in [0.1, 0.15) is 12.1 Å². The second-order valence-corrected chi connectivity index (χ2v) is 4.58. The van der Waals surface area contributed by atoms with Gasteiger partial charge in [-0.1, -0.05) is 18.2 Å². The second-order valence-electron chi connectivity index (χ2n) is 4.58. The minimum Gasteiger partial charge on any atom is -0.493 e. The van der Waals surface area contributed by atoms with Crippen molar-refractivity contribution in [1.82, 2.24) is 9.97 Å². The van der Waals surface area contributed by atoms with Gasteiger partial charge in [0.2, 0.25) is 0 Å². The molecule has 2 N–H and O–H groups in total. The summed E-state index contributed by atoms with van der Waals surface area (Å²) in [6, 6.07) is 8.03. The topological polar surface area (TPSA) is 61.0 Å². The first-order valence-electron chi connectivity index (χ1n) is 6.06. The van der Waals surface area contributed by atoms with Crippen LogP contribution in [0.15, 0.2) is 43.0 Å². The third-order valence-electron chi connectivity index (χ3n) is 3.38. The lowest BCUT2D eigenvalue weighted by Crippen LogP contribution is -2.31. The standard InChI is InChI=1S/C14H15N3O/c15-14(12-6-16-9-17-7-12)11-5-10-3-1-2-4-13(10)18-8-11/h1-4,6-7,9,11,14H,5,8,15H2. The summed E-state index contributed by atoms with van der Waals surface area (Å²) in [5.74, 6) is 1.25. The summed E-state index contributed by atoms with van der Waals surface area (Å²) >= 11 is 0. The molecule has 4 nitrogen and oxygen atoms in total. The third-order valence-corrected chi connectivity index (χ3v) is 3.38. The van der Waals surface area contributed by atoms with Crippen molar-refractivity contribution in [3.8, 4) is 5.75 Å². The van der Waals surface area contributed by atoms with Crippen LogP contribution in [0.2, 0.25) is 0 Å². The maximum Gasteiger partial charge on any atom is 0.122 e. The average Bonchev–Trinajstić information content (AvgIpc) is 2.47. The lowest BCUT2D eigenvalue weighted by Gasteiger charge is -2.29. The van der Waals surface area contributed by atoms with E-state index in [1.165, 1.54) is 11.9 Å². The first-order chi connectivity index (χ1) is 8.84. The fourth-order valence-corrected chi connectivity index (χ4v) is 2.34. The Kier molecular flexibility index (Phi) is 2.94. The Bertz CT molecular complexity index is 530. The molecule has 92 valence electrons. The third kappa shape index (κ3) is 2.07. The molecular weight excluding hydrogens is 226 g/mol. The summed E-state index contributed by atoms with van der Waals surface area (Å²) in [4.78, 5) is 8.03. The number of hydrogen-bond donors (Lipinski definition) is 1. The zero-order valence-corrected chi connectivity index (χ0v) is 9.99. The fraction of sp³-hybridized carbons (Fsp3) is 0.286. The van der Waals surface area contributed by atoms with Crippen LogP contribution in [0.25, 0.3) is 0 Å². The number of hydrogen-bond acceptors (Lipinski definition) is 4. The van der Waals surface area contributed by atoms with Crippen molar-refractivity contribution in [2.24, 2.45) is 11.7 Å². The van der Waals surface area contributed by atoms with Gasteiger partial charge in [-0.3, -0.25) is 0 Å². The highest BCUT2D eigenvalue weighted by Gasteiger charge is 2.26. The molecule has 0 spiro atoms. The lowest BCUT2D eigenvalue weighted by atomic mass is 9.88.